The fraction of sp³-hybridized carbons (Fsp3) is 0.316. The van der Waals surface area contributed by atoms with Gasteiger partial charge in [-0.25, -0.2) is 0 Å². The lowest BCUT2D eigenvalue weighted by molar-refractivity contribution is -0.384. The molecule has 0 aromatic heterocycles. The summed E-state index contributed by atoms with van der Waals surface area (Å²) in [6.07, 6.45) is 0.656. The van der Waals surface area contributed by atoms with Crippen LogP contribution in [0.1, 0.15) is 24.0 Å². The molecule has 1 N–H and O–H groups in total. The number of para-hydroxylation sites is 2. The average molecular weight is 407 g/mol. The summed E-state index contributed by atoms with van der Waals surface area (Å²) in [5.74, 6) is 0.270. The highest BCUT2D eigenvalue weighted by Gasteiger charge is 2.17. The van der Waals surface area contributed by atoms with Crippen molar-refractivity contribution in [2.75, 3.05) is 18.7 Å². The van der Waals surface area contributed by atoms with Crippen LogP contribution in [0.25, 0.3) is 0 Å². The first-order valence-corrected chi connectivity index (χ1v) is 9.07. The number of nitrogens with zero attached hydrogens (tertiary/aromatic N) is 1. The maximum atomic E-state index is 12.0. The van der Waals surface area contributed by atoms with E-state index in [2.05, 4.69) is 5.32 Å². The number of anilines is 1. The second kappa shape index (κ2) is 9.38. The maximum Gasteiger partial charge on any atom is 0.306 e. The molecular weight excluding hydrogens is 388 g/mol. The lowest BCUT2D eigenvalue weighted by atomic mass is 10.1. The summed E-state index contributed by atoms with van der Waals surface area (Å²) in [6, 6.07) is 9.83. The van der Waals surface area contributed by atoms with Crippen molar-refractivity contribution in [2.24, 2.45) is 0 Å². The van der Waals surface area contributed by atoms with Gasteiger partial charge in [0.2, 0.25) is 0 Å². The molecule has 1 heterocycles. The van der Waals surface area contributed by atoms with Gasteiger partial charge in [0.15, 0.2) is 6.79 Å². The minimum absolute atomic E-state index is 0.000198. The number of halogens is 1. The molecule has 3 rings (SSSR count). The number of hydrogen-bond donors (Lipinski definition) is 1. The maximum absolute atomic E-state index is 12.0. The molecule has 2 aromatic carbocycles. The number of carbonyl (C=O) groups is 1. The van der Waals surface area contributed by atoms with E-state index >= 15 is 0 Å². The Morgan fingerprint density at radius 1 is 1.32 bits per heavy atom. The van der Waals surface area contributed by atoms with Gasteiger partial charge in [0.25, 0.3) is 5.69 Å². The molecular formula is C19H19ClN2O6. The van der Waals surface area contributed by atoms with Crippen molar-refractivity contribution in [2.45, 2.75) is 26.1 Å². The molecule has 0 bridgehead atoms. The molecule has 0 spiro atoms. The Bertz CT molecular complexity index is 873. The second-order valence-electron chi connectivity index (χ2n) is 6.13. The van der Waals surface area contributed by atoms with Gasteiger partial charge in [-0.2, -0.15) is 0 Å². The van der Waals surface area contributed by atoms with Crippen molar-refractivity contribution in [3.63, 3.8) is 0 Å². The first kappa shape index (κ1) is 19.9. The van der Waals surface area contributed by atoms with Crippen LogP contribution in [0, 0.1) is 10.1 Å². The highest BCUT2D eigenvalue weighted by atomic mass is 35.5. The minimum atomic E-state index is -0.449. The third-order valence-electron chi connectivity index (χ3n) is 4.11. The number of fused-ring (bicyclic) bond motifs is 1. The zero-order chi connectivity index (χ0) is 19.9. The molecule has 0 saturated heterocycles. The van der Waals surface area contributed by atoms with E-state index in [0.29, 0.717) is 41.6 Å². The number of hydrogen-bond acceptors (Lipinski definition) is 7. The molecule has 0 fully saturated rings. The summed E-state index contributed by atoms with van der Waals surface area (Å²) >= 11 is 6.08. The van der Waals surface area contributed by atoms with Crippen LogP contribution in [-0.2, 0) is 27.5 Å². The van der Waals surface area contributed by atoms with Crippen LogP contribution in [-0.4, -0.2) is 24.2 Å². The summed E-state index contributed by atoms with van der Waals surface area (Å²) in [5, 5.41) is 14.5. The Kier molecular flexibility index (Phi) is 6.67. The van der Waals surface area contributed by atoms with Gasteiger partial charge < -0.3 is 19.5 Å². The Labute approximate surface area is 166 Å². The van der Waals surface area contributed by atoms with E-state index in [-0.39, 0.29) is 31.5 Å². The molecule has 1 aliphatic rings. The van der Waals surface area contributed by atoms with E-state index in [1.807, 2.05) is 0 Å². The van der Waals surface area contributed by atoms with Crippen molar-refractivity contribution in [3.05, 3.63) is 62.7 Å². The average Bonchev–Trinajstić information content (AvgIpc) is 2.69. The number of carbonyl (C=O) groups excluding carboxylic acids is 1. The predicted molar refractivity (Wildman–Crippen MR) is 102 cm³/mol. The zero-order valence-electron chi connectivity index (χ0n) is 15.0. The van der Waals surface area contributed by atoms with Crippen LogP contribution in [0.5, 0.6) is 5.75 Å². The van der Waals surface area contributed by atoms with Gasteiger partial charge in [0.05, 0.1) is 11.5 Å². The monoisotopic (exact) mass is 406 g/mol. The third-order valence-corrected chi connectivity index (χ3v) is 4.33. The van der Waals surface area contributed by atoms with Gasteiger partial charge in [-0.1, -0.05) is 23.7 Å². The fourth-order valence-electron chi connectivity index (χ4n) is 2.83. The van der Waals surface area contributed by atoms with Crippen LogP contribution < -0.4 is 10.1 Å². The third kappa shape index (κ3) is 5.11. The van der Waals surface area contributed by atoms with Gasteiger partial charge in [-0.3, -0.25) is 14.9 Å². The van der Waals surface area contributed by atoms with Crippen molar-refractivity contribution >= 4 is 28.9 Å². The van der Waals surface area contributed by atoms with Gasteiger partial charge in [0, 0.05) is 35.2 Å². The smallest absolute Gasteiger partial charge is 0.306 e. The van der Waals surface area contributed by atoms with Crippen molar-refractivity contribution in [3.8, 4) is 5.75 Å². The molecule has 2 aromatic rings. The number of esters is 1. The lowest BCUT2D eigenvalue weighted by Gasteiger charge is -2.21. The van der Waals surface area contributed by atoms with E-state index in [4.69, 9.17) is 25.8 Å². The van der Waals surface area contributed by atoms with E-state index in [9.17, 15) is 14.9 Å². The van der Waals surface area contributed by atoms with Crippen molar-refractivity contribution < 1.29 is 23.9 Å². The lowest BCUT2D eigenvalue weighted by Crippen LogP contribution is -2.14. The summed E-state index contributed by atoms with van der Waals surface area (Å²) in [5.41, 5.74) is 1.93. The van der Waals surface area contributed by atoms with Crippen LogP contribution >= 0.6 is 11.6 Å². The van der Waals surface area contributed by atoms with Gasteiger partial charge in [-0.15, -0.1) is 0 Å². The fourth-order valence-corrected chi connectivity index (χ4v) is 3.10. The van der Waals surface area contributed by atoms with Crippen molar-refractivity contribution in [1.29, 1.82) is 0 Å². The molecule has 9 heteroatoms. The summed E-state index contributed by atoms with van der Waals surface area (Å²) in [6.45, 7) is 1.01. The Morgan fingerprint density at radius 2 is 2.14 bits per heavy atom. The predicted octanol–water partition coefficient (Wildman–Crippen LogP) is 4.05. The van der Waals surface area contributed by atoms with Crippen LogP contribution in [0.3, 0.4) is 0 Å². The van der Waals surface area contributed by atoms with E-state index in [1.165, 1.54) is 6.07 Å². The standard InChI is InChI=1S/C19H19ClN2O6/c20-15-8-13-10-26-12-28-19(13)14(9-15)11-27-18(23)6-3-7-21-16-4-1-2-5-17(16)22(24)25/h1-2,4-5,8-9,21H,3,6-7,10-12H2. The van der Waals surface area contributed by atoms with E-state index in [0.717, 1.165) is 5.56 Å². The SMILES string of the molecule is O=C(CCCNc1ccccc1[N+](=O)[O-])OCc1cc(Cl)cc2c1OCOC2. The summed E-state index contributed by atoms with van der Waals surface area (Å²) in [4.78, 5) is 22.5. The summed E-state index contributed by atoms with van der Waals surface area (Å²) in [7, 11) is 0. The zero-order valence-corrected chi connectivity index (χ0v) is 15.7. The second-order valence-corrected chi connectivity index (χ2v) is 6.57. The van der Waals surface area contributed by atoms with Crippen LogP contribution in [0.4, 0.5) is 11.4 Å². The number of benzene rings is 2. The van der Waals surface area contributed by atoms with Gasteiger partial charge in [0.1, 0.15) is 18.0 Å². The Morgan fingerprint density at radius 3 is 2.96 bits per heavy atom. The van der Waals surface area contributed by atoms with Gasteiger partial charge in [-0.05, 0) is 24.6 Å². The molecule has 0 atom stereocenters. The Hall–Kier alpha value is -2.84. The number of nitro groups is 1. The largest absolute Gasteiger partial charge is 0.467 e. The molecule has 0 radical (unpaired) electrons. The number of rotatable bonds is 8. The molecule has 0 unspecified atom stereocenters. The number of nitrogens with one attached hydrogen (secondary N) is 1. The Balaban J connectivity index is 1.46. The highest BCUT2D eigenvalue weighted by Crippen LogP contribution is 2.32. The first-order valence-electron chi connectivity index (χ1n) is 8.69. The molecule has 0 amide bonds. The topological polar surface area (TPSA) is 99.9 Å². The van der Waals surface area contributed by atoms with Crippen LogP contribution in [0.2, 0.25) is 5.02 Å². The molecule has 1 aliphatic heterocycles. The molecule has 8 nitrogen and oxygen atoms in total. The number of ether oxygens (including phenoxy) is 3. The normalized spacial score (nSPS) is 12.6. The number of nitro benzene ring substituents is 1. The van der Waals surface area contributed by atoms with Gasteiger partial charge >= 0.3 is 5.97 Å². The minimum Gasteiger partial charge on any atom is -0.467 e. The quantitative estimate of drug-likeness (QED) is 0.305. The molecule has 148 valence electrons. The molecule has 28 heavy (non-hydrogen) atoms. The molecule has 0 saturated carbocycles. The van der Waals surface area contributed by atoms with E-state index in [1.54, 1.807) is 30.3 Å². The highest BCUT2D eigenvalue weighted by molar-refractivity contribution is 6.30. The van der Waals surface area contributed by atoms with Crippen molar-refractivity contribution in [1.82, 2.24) is 0 Å². The van der Waals surface area contributed by atoms with E-state index < -0.39 is 4.92 Å². The first-order chi connectivity index (χ1) is 13.5. The van der Waals surface area contributed by atoms with Crippen LogP contribution in [0.15, 0.2) is 36.4 Å². The molecule has 0 aliphatic carbocycles. The summed E-state index contributed by atoms with van der Waals surface area (Å²) < 4.78 is 16.0.